The van der Waals surface area contributed by atoms with Gasteiger partial charge in [0.2, 0.25) is 16.9 Å². The first-order valence-corrected chi connectivity index (χ1v) is 11.4. The van der Waals surface area contributed by atoms with Gasteiger partial charge in [-0.05, 0) is 46.0 Å². The molecule has 144 valence electrons. The minimum absolute atomic E-state index is 0.0597. The van der Waals surface area contributed by atoms with Crippen molar-refractivity contribution >= 4 is 40.0 Å². The lowest BCUT2D eigenvalue weighted by Gasteiger charge is -2.39. The number of carbonyl (C=O) groups excluding carboxylic acids is 2. The van der Waals surface area contributed by atoms with Crippen LogP contribution in [-0.2, 0) is 9.59 Å². The van der Waals surface area contributed by atoms with Gasteiger partial charge in [0.1, 0.15) is 0 Å². The van der Waals surface area contributed by atoms with Crippen LogP contribution in [0.1, 0.15) is 65.2 Å². The molecule has 1 aromatic heterocycles. The largest absolute Gasteiger partial charge is 0.337 e. The molecule has 2 heterocycles. The van der Waals surface area contributed by atoms with E-state index in [2.05, 4.69) is 29.4 Å². The van der Waals surface area contributed by atoms with Crippen molar-refractivity contribution in [2.24, 2.45) is 5.92 Å². The van der Waals surface area contributed by atoms with Crippen LogP contribution in [0.25, 0.3) is 0 Å². The van der Waals surface area contributed by atoms with Crippen LogP contribution in [0.2, 0.25) is 0 Å². The quantitative estimate of drug-likeness (QED) is 0.603. The third kappa shape index (κ3) is 4.97. The fourth-order valence-electron chi connectivity index (χ4n) is 4.00. The van der Waals surface area contributed by atoms with Gasteiger partial charge in [-0.3, -0.25) is 9.59 Å². The second-order valence-electron chi connectivity index (χ2n) is 7.42. The predicted molar refractivity (Wildman–Crippen MR) is 105 cm³/mol. The number of thioether (sulfide) groups is 1. The van der Waals surface area contributed by atoms with Crippen LogP contribution in [0.5, 0.6) is 0 Å². The van der Waals surface area contributed by atoms with Gasteiger partial charge >= 0.3 is 0 Å². The zero-order valence-electron chi connectivity index (χ0n) is 15.6. The Morgan fingerprint density at radius 2 is 1.77 bits per heavy atom. The van der Waals surface area contributed by atoms with Gasteiger partial charge in [-0.25, -0.2) is 0 Å². The summed E-state index contributed by atoms with van der Waals surface area (Å²) in [6.45, 7) is 4.25. The number of hydrogen-bond acceptors (Lipinski definition) is 6. The Balaban J connectivity index is 1.48. The second kappa shape index (κ2) is 9.17. The number of carbonyl (C=O) groups is 2. The zero-order valence-corrected chi connectivity index (χ0v) is 17.2. The van der Waals surface area contributed by atoms with E-state index >= 15 is 0 Å². The molecule has 1 aromatic rings. The Morgan fingerprint density at radius 1 is 1.08 bits per heavy atom. The summed E-state index contributed by atoms with van der Waals surface area (Å²) in [5.74, 6) is 0.703. The summed E-state index contributed by atoms with van der Waals surface area (Å²) < 4.78 is 0.731. The average molecular weight is 397 g/mol. The van der Waals surface area contributed by atoms with E-state index in [0.29, 0.717) is 23.0 Å². The Labute approximate surface area is 163 Å². The van der Waals surface area contributed by atoms with Crippen molar-refractivity contribution in [3.05, 3.63) is 0 Å². The van der Waals surface area contributed by atoms with Gasteiger partial charge in [-0.1, -0.05) is 42.4 Å². The molecule has 1 N–H and O–H groups in total. The number of hydrogen-bond donors (Lipinski definition) is 1. The predicted octanol–water partition coefficient (Wildman–Crippen LogP) is 3.94. The summed E-state index contributed by atoms with van der Waals surface area (Å²) in [7, 11) is 0. The van der Waals surface area contributed by atoms with E-state index < -0.39 is 0 Å². The van der Waals surface area contributed by atoms with E-state index in [0.717, 1.165) is 42.9 Å². The van der Waals surface area contributed by atoms with Crippen molar-refractivity contribution in [3.8, 4) is 0 Å². The molecule has 3 rings (SSSR count). The number of nitrogens with zero attached hydrogens (tertiary/aromatic N) is 3. The lowest BCUT2D eigenvalue weighted by Crippen LogP contribution is -2.48. The number of anilines is 1. The normalized spacial score (nSPS) is 24.5. The highest BCUT2D eigenvalue weighted by Crippen LogP contribution is 2.30. The number of piperidine rings is 1. The number of aromatic nitrogens is 2. The first kappa shape index (κ1) is 19.6. The summed E-state index contributed by atoms with van der Waals surface area (Å²) in [4.78, 5) is 26.9. The summed E-state index contributed by atoms with van der Waals surface area (Å²) in [6, 6.07) is 0.623. The van der Waals surface area contributed by atoms with Gasteiger partial charge in [0.05, 0.1) is 5.75 Å². The Kier molecular flexibility index (Phi) is 6.92. The number of nitrogens with one attached hydrogen (secondary N) is 1. The number of rotatable bonds is 5. The molecule has 8 heteroatoms. The third-order valence-electron chi connectivity index (χ3n) is 5.41. The van der Waals surface area contributed by atoms with Crippen LogP contribution >= 0.6 is 23.1 Å². The van der Waals surface area contributed by atoms with Gasteiger partial charge in [-0.15, -0.1) is 10.2 Å². The van der Waals surface area contributed by atoms with Crippen molar-refractivity contribution in [1.82, 2.24) is 15.1 Å². The fraction of sp³-hybridized carbons (Fsp3) is 0.778. The van der Waals surface area contributed by atoms with Crippen molar-refractivity contribution in [2.45, 2.75) is 81.6 Å². The highest BCUT2D eigenvalue weighted by atomic mass is 32.2. The molecule has 0 spiro atoms. The van der Waals surface area contributed by atoms with E-state index in [1.807, 2.05) is 4.90 Å². The van der Waals surface area contributed by atoms with Crippen LogP contribution in [0.4, 0.5) is 5.13 Å². The highest BCUT2D eigenvalue weighted by molar-refractivity contribution is 8.01. The monoisotopic (exact) mass is 396 g/mol. The van der Waals surface area contributed by atoms with Crippen LogP contribution < -0.4 is 5.32 Å². The van der Waals surface area contributed by atoms with E-state index in [4.69, 9.17) is 0 Å². The number of amides is 2. The van der Waals surface area contributed by atoms with Gasteiger partial charge in [0, 0.05) is 18.0 Å². The highest BCUT2D eigenvalue weighted by Gasteiger charge is 2.29. The third-order valence-corrected chi connectivity index (χ3v) is 7.37. The van der Waals surface area contributed by atoms with Gasteiger partial charge in [0.25, 0.3) is 0 Å². The SMILES string of the molecule is C[C@@H]1CCC[C@@H](C)N1C(=O)CSc1nnc(NC(=O)C2CCCCC2)s1. The summed E-state index contributed by atoms with van der Waals surface area (Å²) in [6.07, 6.45) is 8.77. The van der Waals surface area contributed by atoms with E-state index in [9.17, 15) is 9.59 Å². The summed E-state index contributed by atoms with van der Waals surface area (Å²) in [5, 5.41) is 11.6. The molecule has 0 bridgehead atoms. The molecule has 0 radical (unpaired) electrons. The lowest BCUT2D eigenvalue weighted by molar-refractivity contribution is -0.134. The first-order valence-electron chi connectivity index (χ1n) is 9.63. The molecule has 2 amide bonds. The molecule has 26 heavy (non-hydrogen) atoms. The van der Waals surface area contributed by atoms with Crippen molar-refractivity contribution < 1.29 is 9.59 Å². The molecule has 1 saturated heterocycles. The maximum atomic E-state index is 12.6. The minimum atomic E-state index is 0.0597. The summed E-state index contributed by atoms with van der Waals surface area (Å²) >= 11 is 2.77. The Hall–Kier alpha value is -1.15. The maximum absolute atomic E-state index is 12.6. The smallest absolute Gasteiger partial charge is 0.233 e. The standard InChI is InChI=1S/C18H28N4O2S2/c1-12-7-6-8-13(2)22(12)15(23)11-25-18-21-20-17(26-18)19-16(24)14-9-4-3-5-10-14/h12-14H,3-11H2,1-2H3,(H,19,20,24)/t12-,13-/m1/s1. The molecule has 1 aliphatic heterocycles. The molecular weight excluding hydrogens is 368 g/mol. The molecule has 2 fully saturated rings. The van der Waals surface area contributed by atoms with Gasteiger partial charge in [0.15, 0.2) is 4.34 Å². The number of likely N-dealkylation sites (tertiary alicyclic amines) is 1. The minimum Gasteiger partial charge on any atom is -0.337 e. The molecule has 2 aliphatic rings. The van der Waals surface area contributed by atoms with Crippen molar-refractivity contribution in [1.29, 1.82) is 0 Å². The molecule has 1 saturated carbocycles. The van der Waals surface area contributed by atoms with Crippen molar-refractivity contribution in [3.63, 3.8) is 0 Å². The topological polar surface area (TPSA) is 75.2 Å². The van der Waals surface area contributed by atoms with Crippen LogP contribution in [0.3, 0.4) is 0 Å². The molecule has 2 atom stereocenters. The Morgan fingerprint density at radius 3 is 2.46 bits per heavy atom. The summed E-state index contributed by atoms with van der Waals surface area (Å²) in [5.41, 5.74) is 0. The van der Waals surface area contributed by atoms with E-state index in [1.165, 1.54) is 35.9 Å². The van der Waals surface area contributed by atoms with Crippen molar-refractivity contribution in [2.75, 3.05) is 11.1 Å². The van der Waals surface area contributed by atoms with E-state index in [1.54, 1.807) is 0 Å². The van der Waals surface area contributed by atoms with Crippen LogP contribution in [-0.4, -0.2) is 44.7 Å². The van der Waals surface area contributed by atoms with Gasteiger partial charge in [-0.2, -0.15) is 0 Å². The molecule has 0 aromatic carbocycles. The molecular formula is C18H28N4O2S2. The lowest BCUT2D eigenvalue weighted by atomic mass is 9.89. The maximum Gasteiger partial charge on any atom is 0.233 e. The van der Waals surface area contributed by atoms with Gasteiger partial charge < -0.3 is 10.2 Å². The second-order valence-corrected chi connectivity index (χ2v) is 9.62. The average Bonchev–Trinajstić information content (AvgIpc) is 3.08. The van der Waals surface area contributed by atoms with Crippen LogP contribution in [0, 0.1) is 5.92 Å². The Bertz CT molecular complexity index is 620. The molecule has 6 nitrogen and oxygen atoms in total. The first-order chi connectivity index (χ1) is 12.5. The van der Waals surface area contributed by atoms with E-state index in [-0.39, 0.29) is 17.7 Å². The fourth-order valence-corrected chi connectivity index (χ4v) is 5.63. The van der Waals surface area contributed by atoms with Crippen LogP contribution in [0.15, 0.2) is 4.34 Å². The molecule has 1 aliphatic carbocycles. The molecule has 0 unspecified atom stereocenters. The zero-order chi connectivity index (χ0) is 18.5.